The van der Waals surface area contributed by atoms with Gasteiger partial charge in [0.2, 0.25) is 10.0 Å². The van der Waals surface area contributed by atoms with Gasteiger partial charge in [-0.05, 0) is 25.0 Å². The molecule has 0 bridgehead atoms. The number of benzene rings is 1. The number of halogens is 3. The number of rotatable bonds is 3. The van der Waals surface area contributed by atoms with Crippen LogP contribution in [-0.2, 0) is 20.8 Å². The Bertz CT molecular complexity index is 618. The maximum absolute atomic E-state index is 12.4. The first-order chi connectivity index (χ1) is 9.29. The van der Waals surface area contributed by atoms with E-state index in [4.69, 9.17) is 23.2 Å². The van der Waals surface area contributed by atoms with Crippen molar-refractivity contribution in [3.8, 4) is 0 Å². The van der Waals surface area contributed by atoms with Crippen molar-refractivity contribution >= 4 is 60.0 Å². The van der Waals surface area contributed by atoms with Crippen molar-refractivity contribution in [2.75, 3.05) is 11.5 Å². The van der Waals surface area contributed by atoms with E-state index in [1.165, 1.54) is 12.1 Å². The Labute approximate surface area is 138 Å². The Kier molecular flexibility index (Phi) is 5.53. The van der Waals surface area contributed by atoms with Crippen LogP contribution in [0.2, 0.25) is 10.0 Å². The van der Waals surface area contributed by atoms with Crippen molar-refractivity contribution in [3.63, 3.8) is 0 Å². The average Bonchev–Trinajstić information content (AvgIpc) is 2.30. The first-order valence-electron chi connectivity index (χ1n) is 5.81. The zero-order valence-corrected chi connectivity index (χ0v) is 15.0. The minimum absolute atomic E-state index is 0.0660. The van der Waals surface area contributed by atoms with E-state index in [0.29, 0.717) is 28.8 Å². The van der Waals surface area contributed by atoms with Crippen LogP contribution in [0, 0.1) is 0 Å². The molecule has 0 radical (unpaired) electrons. The van der Waals surface area contributed by atoms with Gasteiger partial charge in [0.1, 0.15) is 4.90 Å². The smallest absolute Gasteiger partial charge is 0.243 e. The third-order valence-electron chi connectivity index (χ3n) is 2.94. The van der Waals surface area contributed by atoms with Gasteiger partial charge in [-0.15, -0.1) is 0 Å². The highest BCUT2D eigenvalue weighted by molar-refractivity contribution is 9.10. The van der Waals surface area contributed by atoms with E-state index in [-0.39, 0.29) is 21.0 Å². The lowest BCUT2D eigenvalue weighted by Crippen LogP contribution is -2.39. The standard InChI is InChI=1S/C11H12BrCl2NO3S2/c12-7-5-9(13)11(10(14)6-7)20(17,18)15-8-1-3-19(16)4-2-8/h5-6,8,15H,1-4H2. The summed E-state index contributed by atoms with van der Waals surface area (Å²) in [4.78, 5) is -0.115. The third-order valence-corrected chi connectivity index (χ3v) is 7.22. The van der Waals surface area contributed by atoms with Crippen LogP contribution in [0.4, 0.5) is 0 Å². The van der Waals surface area contributed by atoms with Gasteiger partial charge in [0.25, 0.3) is 0 Å². The highest BCUT2D eigenvalue weighted by Crippen LogP contribution is 2.33. The van der Waals surface area contributed by atoms with Gasteiger partial charge < -0.3 is 0 Å². The van der Waals surface area contributed by atoms with Crippen LogP contribution in [0.1, 0.15) is 12.8 Å². The topological polar surface area (TPSA) is 63.2 Å². The number of hydrogen-bond donors (Lipinski definition) is 1. The molecule has 1 aliphatic heterocycles. The maximum Gasteiger partial charge on any atom is 0.243 e. The minimum Gasteiger partial charge on any atom is -0.260 e. The van der Waals surface area contributed by atoms with Gasteiger partial charge in [-0.2, -0.15) is 0 Å². The average molecular weight is 421 g/mol. The van der Waals surface area contributed by atoms with Gasteiger partial charge in [0.15, 0.2) is 0 Å². The molecular formula is C11H12BrCl2NO3S2. The van der Waals surface area contributed by atoms with Gasteiger partial charge in [-0.25, -0.2) is 13.1 Å². The van der Waals surface area contributed by atoms with Crippen LogP contribution in [0.5, 0.6) is 0 Å². The van der Waals surface area contributed by atoms with Crippen LogP contribution >= 0.6 is 39.1 Å². The van der Waals surface area contributed by atoms with Gasteiger partial charge in [0, 0.05) is 32.8 Å². The van der Waals surface area contributed by atoms with Crippen molar-refractivity contribution in [2.24, 2.45) is 0 Å². The van der Waals surface area contributed by atoms with Crippen LogP contribution < -0.4 is 4.72 Å². The lowest BCUT2D eigenvalue weighted by atomic mass is 10.2. The fourth-order valence-corrected chi connectivity index (χ4v) is 6.52. The summed E-state index contributed by atoms with van der Waals surface area (Å²) in [6.07, 6.45) is 1.11. The van der Waals surface area contributed by atoms with Crippen LogP contribution in [-0.4, -0.2) is 30.2 Å². The summed E-state index contributed by atoms with van der Waals surface area (Å²) in [7, 11) is -4.63. The van der Waals surface area contributed by atoms with E-state index in [9.17, 15) is 12.6 Å². The molecule has 1 saturated heterocycles. The Morgan fingerprint density at radius 2 is 1.70 bits per heavy atom. The van der Waals surface area contributed by atoms with E-state index in [1.54, 1.807) is 0 Å². The molecule has 1 aliphatic rings. The molecule has 0 saturated carbocycles. The Hall–Kier alpha value is 0.340. The molecular weight excluding hydrogens is 409 g/mol. The molecule has 4 nitrogen and oxygen atoms in total. The first kappa shape index (κ1) is 16.7. The molecule has 1 aromatic carbocycles. The second-order valence-corrected chi connectivity index (χ2v) is 9.52. The summed E-state index contributed by atoms with van der Waals surface area (Å²) in [6, 6.07) is 2.74. The van der Waals surface area contributed by atoms with Crippen molar-refractivity contribution in [1.82, 2.24) is 4.72 Å². The lowest BCUT2D eigenvalue weighted by Gasteiger charge is -2.23. The van der Waals surface area contributed by atoms with Crippen LogP contribution in [0.15, 0.2) is 21.5 Å². The monoisotopic (exact) mass is 419 g/mol. The fraction of sp³-hybridized carbons (Fsp3) is 0.455. The molecule has 0 atom stereocenters. The van der Waals surface area contributed by atoms with Crippen molar-refractivity contribution in [2.45, 2.75) is 23.8 Å². The summed E-state index contributed by atoms with van der Waals surface area (Å²) in [5, 5.41) is 0.132. The lowest BCUT2D eigenvalue weighted by molar-refractivity contribution is 0.522. The molecule has 1 fully saturated rings. The normalized spacial score (nSPS) is 23.8. The third kappa shape index (κ3) is 3.96. The number of sulfonamides is 1. The predicted octanol–water partition coefficient (Wildman–Crippen LogP) is 2.95. The zero-order chi connectivity index (χ0) is 14.9. The molecule has 0 amide bonds. The molecule has 20 heavy (non-hydrogen) atoms. The SMILES string of the molecule is O=S1CCC(NS(=O)(=O)c2c(Cl)cc(Br)cc2Cl)CC1. The molecule has 9 heteroatoms. The van der Waals surface area contributed by atoms with Crippen LogP contribution in [0.25, 0.3) is 0 Å². The second kappa shape index (κ2) is 6.62. The molecule has 0 aliphatic carbocycles. The van der Waals surface area contributed by atoms with Crippen molar-refractivity contribution < 1.29 is 12.6 Å². The van der Waals surface area contributed by atoms with E-state index in [0.717, 1.165) is 0 Å². The molecule has 1 aromatic rings. The van der Waals surface area contributed by atoms with E-state index < -0.39 is 20.8 Å². The molecule has 112 valence electrons. The number of nitrogens with one attached hydrogen (secondary N) is 1. The van der Waals surface area contributed by atoms with Crippen LogP contribution in [0.3, 0.4) is 0 Å². The second-order valence-electron chi connectivity index (χ2n) is 4.44. The largest absolute Gasteiger partial charge is 0.260 e. The Morgan fingerprint density at radius 3 is 2.20 bits per heavy atom. The first-order valence-corrected chi connectivity index (χ1v) is 10.3. The predicted molar refractivity (Wildman–Crippen MR) is 85.4 cm³/mol. The van der Waals surface area contributed by atoms with Gasteiger partial charge in [-0.1, -0.05) is 39.1 Å². The van der Waals surface area contributed by atoms with Gasteiger partial charge in [0.05, 0.1) is 10.0 Å². The molecule has 0 spiro atoms. The summed E-state index contributed by atoms with van der Waals surface area (Å²) in [5.74, 6) is 1.02. The fourth-order valence-electron chi connectivity index (χ4n) is 1.98. The molecule has 2 rings (SSSR count). The Balaban J connectivity index is 2.25. The highest BCUT2D eigenvalue weighted by Gasteiger charge is 2.27. The van der Waals surface area contributed by atoms with Gasteiger partial charge >= 0.3 is 0 Å². The maximum atomic E-state index is 12.4. The zero-order valence-electron chi connectivity index (χ0n) is 10.2. The summed E-state index contributed by atoms with van der Waals surface area (Å²) < 4.78 is 39.2. The minimum atomic E-state index is -3.79. The molecule has 1 N–H and O–H groups in total. The van der Waals surface area contributed by atoms with E-state index >= 15 is 0 Å². The van der Waals surface area contributed by atoms with Crippen molar-refractivity contribution in [1.29, 1.82) is 0 Å². The van der Waals surface area contributed by atoms with Crippen molar-refractivity contribution in [3.05, 3.63) is 26.7 Å². The molecule has 0 unspecified atom stereocenters. The summed E-state index contributed by atoms with van der Waals surface area (Å²) >= 11 is 15.2. The van der Waals surface area contributed by atoms with E-state index in [2.05, 4.69) is 20.7 Å². The Morgan fingerprint density at radius 1 is 1.20 bits per heavy atom. The van der Waals surface area contributed by atoms with Gasteiger partial charge in [-0.3, -0.25) is 4.21 Å². The summed E-state index contributed by atoms with van der Waals surface area (Å²) in [6.45, 7) is 0. The quantitative estimate of drug-likeness (QED) is 0.817. The molecule has 0 aromatic heterocycles. The molecule has 1 heterocycles. The highest BCUT2D eigenvalue weighted by atomic mass is 79.9. The van der Waals surface area contributed by atoms with E-state index in [1.807, 2.05) is 0 Å². The number of hydrogen-bond acceptors (Lipinski definition) is 3. The summed E-state index contributed by atoms with van der Waals surface area (Å²) in [5.41, 5.74) is 0.